The molecular formula is C14H9F7N2OS. The number of nitrogens with one attached hydrogen (secondary N) is 1. The molecule has 0 fully saturated rings. The Hall–Kier alpha value is -2.17. The standard InChI is InChI=1S/C14H9F7N2OS/c1-7-2-4-8(5-3-7)9-6-25-11(22-9)23-10(24)12(15,16)13(17,18)14(19,20)21/h2-6H,1H3,(H,22,23,24). The van der Waals surface area contributed by atoms with Crippen molar-refractivity contribution in [2.75, 3.05) is 5.32 Å². The van der Waals surface area contributed by atoms with Crippen molar-refractivity contribution in [1.82, 2.24) is 4.98 Å². The summed E-state index contributed by atoms with van der Waals surface area (Å²) in [6, 6.07) is 6.74. The zero-order valence-corrected chi connectivity index (χ0v) is 13.1. The number of benzene rings is 1. The van der Waals surface area contributed by atoms with Gasteiger partial charge in [0.1, 0.15) is 0 Å². The summed E-state index contributed by atoms with van der Waals surface area (Å²) in [5.41, 5.74) is 1.72. The van der Waals surface area contributed by atoms with Crippen molar-refractivity contribution in [1.29, 1.82) is 0 Å². The molecule has 0 aliphatic heterocycles. The normalized spacial score (nSPS) is 13.0. The average molecular weight is 386 g/mol. The van der Waals surface area contributed by atoms with E-state index < -0.39 is 29.1 Å². The molecule has 0 bridgehead atoms. The molecule has 25 heavy (non-hydrogen) atoms. The van der Waals surface area contributed by atoms with Crippen LogP contribution in [0.3, 0.4) is 0 Å². The zero-order valence-electron chi connectivity index (χ0n) is 12.3. The number of hydrogen-bond acceptors (Lipinski definition) is 3. The summed E-state index contributed by atoms with van der Waals surface area (Å²) < 4.78 is 88.3. The Morgan fingerprint density at radius 1 is 1.04 bits per heavy atom. The van der Waals surface area contributed by atoms with Gasteiger partial charge in [0, 0.05) is 10.9 Å². The van der Waals surface area contributed by atoms with Crippen LogP contribution in [0.4, 0.5) is 35.9 Å². The third-order valence-corrected chi connectivity index (χ3v) is 3.87. The molecule has 0 aliphatic carbocycles. The fourth-order valence-corrected chi connectivity index (χ4v) is 2.40. The number of thiazole rings is 1. The van der Waals surface area contributed by atoms with E-state index in [4.69, 9.17) is 0 Å². The van der Waals surface area contributed by atoms with Gasteiger partial charge in [-0.25, -0.2) is 4.98 Å². The topological polar surface area (TPSA) is 42.0 Å². The molecule has 2 rings (SSSR count). The zero-order chi connectivity index (χ0) is 19.0. The highest BCUT2D eigenvalue weighted by atomic mass is 32.1. The van der Waals surface area contributed by atoms with E-state index >= 15 is 0 Å². The molecule has 0 atom stereocenters. The predicted octanol–water partition coefficient (Wildman–Crippen LogP) is 4.89. The monoisotopic (exact) mass is 386 g/mol. The van der Waals surface area contributed by atoms with Crippen molar-refractivity contribution < 1.29 is 35.5 Å². The van der Waals surface area contributed by atoms with Crippen LogP contribution in [0.1, 0.15) is 5.56 Å². The molecule has 1 N–H and O–H groups in total. The summed E-state index contributed by atoms with van der Waals surface area (Å²) >= 11 is 0.609. The molecule has 11 heteroatoms. The number of rotatable bonds is 4. The van der Waals surface area contributed by atoms with Crippen LogP contribution in [0, 0.1) is 6.92 Å². The lowest BCUT2D eigenvalue weighted by molar-refractivity contribution is -0.343. The van der Waals surface area contributed by atoms with Crippen molar-refractivity contribution in [3.05, 3.63) is 35.2 Å². The number of aryl methyl sites for hydroxylation is 1. The summed E-state index contributed by atoms with van der Waals surface area (Å²) in [4.78, 5) is 15.0. The first-order valence-electron chi connectivity index (χ1n) is 6.52. The number of carbonyl (C=O) groups excluding carboxylic acids is 1. The van der Waals surface area contributed by atoms with E-state index in [1.807, 2.05) is 6.92 Å². The molecule has 1 aromatic carbocycles. The summed E-state index contributed by atoms with van der Waals surface area (Å²) in [6.07, 6.45) is -6.58. The number of carbonyl (C=O) groups is 1. The highest BCUT2D eigenvalue weighted by molar-refractivity contribution is 7.14. The molecule has 1 amide bonds. The molecule has 3 nitrogen and oxygen atoms in total. The largest absolute Gasteiger partial charge is 0.460 e. The fraction of sp³-hybridized carbons (Fsp3) is 0.286. The van der Waals surface area contributed by atoms with Gasteiger partial charge in [-0.15, -0.1) is 11.3 Å². The maximum Gasteiger partial charge on any atom is 0.460 e. The van der Waals surface area contributed by atoms with Crippen molar-refractivity contribution in [3.63, 3.8) is 0 Å². The van der Waals surface area contributed by atoms with Crippen molar-refractivity contribution in [3.8, 4) is 11.3 Å². The summed E-state index contributed by atoms with van der Waals surface area (Å²) in [6.45, 7) is 1.82. The molecule has 0 aliphatic rings. The second kappa shape index (κ2) is 6.28. The number of aromatic nitrogens is 1. The number of nitrogens with zero attached hydrogens (tertiary/aromatic N) is 1. The van der Waals surface area contributed by atoms with Crippen LogP contribution in [0.25, 0.3) is 11.3 Å². The molecule has 0 radical (unpaired) electrons. The molecular weight excluding hydrogens is 377 g/mol. The molecule has 136 valence electrons. The fourth-order valence-electron chi connectivity index (χ4n) is 1.68. The number of anilines is 1. The Morgan fingerprint density at radius 2 is 1.60 bits per heavy atom. The minimum atomic E-state index is -6.58. The maximum absolute atomic E-state index is 13.2. The highest BCUT2D eigenvalue weighted by Gasteiger charge is 2.76. The van der Waals surface area contributed by atoms with Crippen LogP contribution in [0.15, 0.2) is 29.6 Å². The smallest absolute Gasteiger partial charge is 0.296 e. The van der Waals surface area contributed by atoms with Gasteiger partial charge < -0.3 is 0 Å². The van der Waals surface area contributed by atoms with E-state index in [1.165, 1.54) is 10.7 Å². The predicted molar refractivity (Wildman–Crippen MR) is 76.9 cm³/mol. The second-order valence-corrected chi connectivity index (χ2v) is 5.86. The summed E-state index contributed by atoms with van der Waals surface area (Å²) in [5.74, 6) is -15.3. The lowest BCUT2D eigenvalue weighted by atomic mass is 10.1. The molecule has 0 saturated heterocycles. The van der Waals surface area contributed by atoms with Crippen LogP contribution in [-0.2, 0) is 4.79 Å². The van der Waals surface area contributed by atoms with Gasteiger partial charge in [0.2, 0.25) is 0 Å². The lowest BCUT2D eigenvalue weighted by Gasteiger charge is -2.26. The molecule has 1 aromatic heterocycles. The minimum absolute atomic E-state index is 0.242. The Balaban J connectivity index is 2.20. The number of alkyl halides is 7. The first-order valence-corrected chi connectivity index (χ1v) is 7.40. The third-order valence-electron chi connectivity index (χ3n) is 3.11. The molecule has 0 spiro atoms. The van der Waals surface area contributed by atoms with Crippen LogP contribution in [0.2, 0.25) is 0 Å². The van der Waals surface area contributed by atoms with E-state index in [9.17, 15) is 35.5 Å². The molecule has 2 aromatic rings. The van der Waals surface area contributed by atoms with Gasteiger partial charge in [0.15, 0.2) is 5.13 Å². The van der Waals surface area contributed by atoms with Gasteiger partial charge in [-0.05, 0) is 6.92 Å². The SMILES string of the molecule is Cc1ccc(-c2csc(NC(=O)C(F)(F)C(F)(F)C(F)(F)F)n2)cc1. The van der Waals surface area contributed by atoms with Gasteiger partial charge >= 0.3 is 23.9 Å². The first-order chi connectivity index (χ1) is 11.4. The minimum Gasteiger partial charge on any atom is -0.296 e. The summed E-state index contributed by atoms with van der Waals surface area (Å²) in [5, 5.41) is 2.10. The molecule has 0 unspecified atom stereocenters. The lowest BCUT2D eigenvalue weighted by Crippen LogP contribution is -2.57. The van der Waals surface area contributed by atoms with Gasteiger partial charge in [-0.3, -0.25) is 10.1 Å². The Morgan fingerprint density at radius 3 is 2.12 bits per heavy atom. The van der Waals surface area contributed by atoms with E-state index in [0.717, 1.165) is 5.56 Å². The van der Waals surface area contributed by atoms with Gasteiger partial charge in [-0.2, -0.15) is 30.7 Å². The Labute approximate surface area is 140 Å². The third kappa shape index (κ3) is 3.60. The molecule has 0 saturated carbocycles. The Bertz CT molecular complexity index is 768. The van der Waals surface area contributed by atoms with Crippen LogP contribution in [-0.4, -0.2) is 28.9 Å². The van der Waals surface area contributed by atoms with Gasteiger partial charge in [0.25, 0.3) is 0 Å². The number of amides is 1. The first kappa shape index (κ1) is 19.2. The van der Waals surface area contributed by atoms with Crippen LogP contribution in [0.5, 0.6) is 0 Å². The van der Waals surface area contributed by atoms with E-state index in [0.29, 0.717) is 16.9 Å². The highest BCUT2D eigenvalue weighted by Crippen LogP contribution is 2.47. The van der Waals surface area contributed by atoms with Gasteiger partial charge in [-0.1, -0.05) is 29.8 Å². The molecule has 1 heterocycles. The van der Waals surface area contributed by atoms with E-state index in [1.54, 1.807) is 24.3 Å². The summed E-state index contributed by atoms with van der Waals surface area (Å²) in [7, 11) is 0. The van der Waals surface area contributed by atoms with Crippen molar-refractivity contribution in [2.45, 2.75) is 24.9 Å². The Kier molecular flexibility index (Phi) is 4.81. The van der Waals surface area contributed by atoms with E-state index in [-0.39, 0.29) is 5.69 Å². The van der Waals surface area contributed by atoms with Crippen LogP contribution < -0.4 is 5.32 Å². The van der Waals surface area contributed by atoms with E-state index in [2.05, 4.69) is 4.98 Å². The average Bonchev–Trinajstić information content (AvgIpc) is 2.95. The quantitative estimate of drug-likeness (QED) is 0.761. The van der Waals surface area contributed by atoms with Crippen LogP contribution >= 0.6 is 11.3 Å². The van der Waals surface area contributed by atoms with Crippen molar-refractivity contribution in [2.24, 2.45) is 0 Å². The maximum atomic E-state index is 13.2. The number of hydrogen-bond donors (Lipinski definition) is 1. The number of halogens is 7. The van der Waals surface area contributed by atoms with Gasteiger partial charge in [0.05, 0.1) is 5.69 Å². The van der Waals surface area contributed by atoms with Crippen molar-refractivity contribution >= 4 is 22.4 Å². The second-order valence-electron chi connectivity index (χ2n) is 5.00.